The number of guanidine groups is 1. The molecule has 0 spiro atoms. The molecule has 1 N–H and O–H groups in total. The van der Waals surface area contributed by atoms with Gasteiger partial charge in [-0.15, -0.1) is 0 Å². The van der Waals surface area contributed by atoms with E-state index in [1.165, 1.54) is 26.0 Å². The van der Waals surface area contributed by atoms with E-state index in [1.54, 1.807) is 5.32 Å². The van der Waals surface area contributed by atoms with Gasteiger partial charge < -0.3 is 10.2 Å². The Morgan fingerprint density at radius 1 is 1.27 bits per heavy atom. The quantitative estimate of drug-likeness (QED) is 0.344. The Balaban J connectivity index is 4.55. The minimum absolute atomic E-state index is 0.247. The summed E-state index contributed by atoms with van der Waals surface area (Å²) in [4.78, 5) is 4.60. The summed E-state index contributed by atoms with van der Waals surface area (Å²) in [6, 6.07) is 0. The number of alkyl halides is 5. The fourth-order valence-electron chi connectivity index (χ4n) is 0.714. The van der Waals surface area contributed by atoms with Crippen LogP contribution in [0.4, 0.5) is 22.0 Å². The van der Waals surface area contributed by atoms with Gasteiger partial charge in [-0.3, -0.25) is 4.99 Å². The fraction of sp³-hybridized carbons (Fsp3) is 0.857. The summed E-state index contributed by atoms with van der Waals surface area (Å²) in [6.07, 6.45) is -7.25. The largest absolute Gasteiger partial charge is 0.355 e. The molecule has 0 aromatic heterocycles. The van der Waals surface area contributed by atoms with Gasteiger partial charge in [-0.05, 0) is 0 Å². The van der Waals surface area contributed by atoms with Crippen LogP contribution in [0.5, 0.6) is 0 Å². The molecule has 0 rings (SSSR count). The van der Waals surface area contributed by atoms with Crippen LogP contribution in [-0.4, -0.2) is 50.6 Å². The lowest BCUT2D eigenvalue weighted by molar-refractivity contribution is -0.174. The zero-order valence-corrected chi connectivity index (χ0v) is 8.44. The van der Waals surface area contributed by atoms with Crippen LogP contribution in [0.1, 0.15) is 0 Å². The highest BCUT2D eigenvalue weighted by Crippen LogP contribution is 2.27. The lowest BCUT2D eigenvalue weighted by Crippen LogP contribution is -2.51. The van der Waals surface area contributed by atoms with Crippen molar-refractivity contribution in [3.8, 4) is 0 Å². The first-order valence-corrected chi connectivity index (χ1v) is 3.94. The summed E-state index contributed by atoms with van der Waals surface area (Å²) >= 11 is 0. The normalized spacial score (nSPS) is 15.4. The second-order valence-corrected chi connectivity index (χ2v) is 2.92. The van der Waals surface area contributed by atoms with Crippen molar-refractivity contribution in [3.63, 3.8) is 0 Å². The highest BCUT2D eigenvalue weighted by atomic mass is 19.3. The van der Waals surface area contributed by atoms with E-state index in [2.05, 4.69) is 4.99 Å². The Bertz CT molecular complexity index is 229. The molecule has 15 heavy (non-hydrogen) atoms. The molecule has 0 bridgehead atoms. The predicted octanol–water partition coefficient (Wildman–Crippen LogP) is 1.32. The molecule has 0 aliphatic heterocycles. The molecule has 3 nitrogen and oxygen atoms in total. The number of hydrogen-bond acceptors (Lipinski definition) is 1. The number of hydrogen-bond donors (Lipinski definition) is 1. The van der Waals surface area contributed by atoms with E-state index in [0.717, 1.165) is 0 Å². The topological polar surface area (TPSA) is 27.6 Å². The van der Waals surface area contributed by atoms with Crippen molar-refractivity contribution in [3.05, 3.63) is 0 Å². The molecule has 0 fully saturated rings. The lowest BCUT2D eigenvalue weighted by Gasteiger charge is -2.24. The van der Waals surface area contributed by atoms with Crippen LogP contribution in [-0.2, 0) is 0 Å². The maximum absolute atomic E-state index is 12.8. The van der Waals surface area contributed by atoms with Gasteiger partial charge in [0.1, 0.15) is 0 Å². The average Bonchev–Trinajstić information content (AvgIpc) is 2.12. The molecule has 0 heterocycles. The van der Waals surface area contributed by atoms with Gasteiger partial charge in [-0.2, -0.15) is 8.78 Å². The molecule has 1 atom stereocenters. The fourth-order valence-corrected chi connectivity index (χ4v) is 0.714. The molecule has 0 aromatic carbocycles. The smallest absolute Gasteiger partial charge is 0.349 e. The van der Waals surface area contributed by atoms with Gasteiger partial charge in [0.25, 0.3) is 0 Å². The maximum Gasteiger partial charge on any atom is 0.355 e. The zero-order valence-electron chi connectivity index (χ0n) is 8.44. The third kappa shape index (κ3) is 3.52. The highest BCUT2D eigenvalue weighted by molar-refractivity contribution is 5.79. The van der Waals surface area contributed by atoms with Gasteiger partial charge in [0, 0.05) is 21.1 Å². The lowest BCUT2D eigenvalue weighted by atomic mass is 10.3. The minimum atomic E-state index is -4.74. The van der Waals surface area contributed by atoms with Crippen LogP contribution in [0.3, 0.4) is 0 Å². The summed E-state index contributed by atoms with van der Waals surface area (Å²) in [5.74, 6) is -4.99. The van der Waals surface area contributed by atoms with Crippen molar-refractivity contribution in [2.75, 3.05) is 21.1 Å². The van der Waals surface area contributed by atoms with E-state index in [4.69, 9.17) is 0 Å². The van der Waals surface area contributed by atoms with Crippen molar-refractivity contribution in [2.24, 2.45) is 4.99 Å². The van der Waals surface area contributed by atoms with Crippen molar-refractivity contribution < 1.29 is 22.0 Å². The summed E-state index contributed by atoms with van der Waals surface area (Å²) in [7, 11) is 4.03. The minimum Gasteiger partial charge on any atom is -0.349 e. The van der Waals surface area contributed by atoms with E-state index in [-0.39, 0.29) is 5.96 Å². The highest BCUT2D eigenvalue weighted by Gasteiger charge is 2.50. The van der Waals surface area contributed by atoms with Gasteiger partial charge in [0.2, 0.25) is 6.30 Å². The average molecular weight is 233 g/mol. The first-order chi connectivity index (χ1) is 6.73. The number of rotatable bonds is 3. The van der Waals surface area contributed by atoms with Gasteiger partial charge in [0.15, 0.2) is 5.96 Å². The van der Waals surface area contributed by atoms with Crippen LogP contribution in [0.2, 0.25) is 0 Å². The van der Waals surface area contributed by atoms with Crippen molar-refractivity contribution in [1.82, 2.24) is 10.2 Å². The van der Waals surface area contributed by atoms with Crippen LogP contribution in [0.15, 0.2) is 4.99 Å². The van der Waals surface area contributed by atoms with Crippen LogP contribution in [0.25, 0.3) is 0 Å². The van der Waals surface area contributed by atoms with Crippen LogP contribution >= 0.6 is 0 Å². The Kier molecular flexibility index (Phi) is 4.76. The summed E-state index contributed by atoms with van der Waals surface area (Å²) in [5, 5.41) is 1.57. The third-order valence-corrected chi connectivity index (χ3v) is 1.52. The third-order valence-electron chi connectivity index (χ3n) is 1.52. The van der Waals surface area contributed by atoms with E-state index >= 15 is 0 Å². The number of halogens is 5. The molecule has 0 amide bonds. The van der Waals surface area contributed by atoms with E-state index in [9.17, 15) is 22.0 Å². The van der Waals surface area contributed by atoms with Crippen molar-refractivity contribution >= 4 is 5.96 Å². The molecule has 0 radical (unpaired) electrons. The summed E-state index contributed by atoms with van der Waals surface area (Å²) in [6.45, 7) is 0. The Morgan fingerprint density at radius 2 is 1.73 bits per heavy atom. The maximum atomic E-state index is 12.8. The molecule has 90 valence electrons. The Morgan fingerprint density at radius 3 is 2.00 bits per heavy atom. The summed E-state index contributed by atoms with van der Waals surface area (Å²) < 4.78 is 61.1. The first kappa shape index (κ1) is 13.9. The van der Waals surface area contributed by atoms with Gasteiger partial charge >= 0.3 is 12.3 Å². The molecule has 0 aliphatic carbocycles. The van der Waals surface area contributed by atoms with Gasteiger partial charge in [0.05, 0.1) is 0 Å². The predicted molar refractivity (Wildman–Crippen MR) is 46.0 cm³/mol. The molecule has 8 heteroatoms. The van der Waals surface area contributed by atoms with Gasteiger partial charge in [-0.1, -0.05) is 0 Å². The monoisotopic (exact) mass is 233 g/mol. The molecule has 0 aromatic rings. The van der Waals surface area contributed by atoms with Crippen LogP contribution < -0.4 is 5.32 Å². The molecule has 1 unspecified atom stereocenters. The SMILES string of the molecule is CN=C(NC(F)C(F)(F)C(F)F)N(C)C. The molecular weight excluding hydrogens is 221 g/mol. The molecule has 0 saturated heterocycles. The van der Waals surface area contributed by atoms with E-state index < -0.39 is 18.6 Å². The van der Waals surface area contributed by atoms with E-state index in [1.807, 2.05) is 0 Å². The zero-order chi connectivity index (χ0) is 12.2. The number of nitrogens with zero attached hydrogens (tertiary/aromatic N) is 2. The number of aliphatic imine (C=N–C) groups is 1. The number of nitrogens with one attached hydrogen (secondary N) is 1. The molecular formula is C7H12F5N3. The van der Waals surface area contributed by atoms with Crippen molar-refractivity contribution in [1.29, 1.82) is 0 Å². The summed E-state index contributed by atoms with van der Waals surface area (Å²) in [5.41, 5.74) is 0. The molecule has 0 saturated carbocycles. The van der Waals surface area contributed by atoms with E-state index in [0.29, 0.717) is 0 Å². The molecule has 0 aliphatic rings. The Labute approximate surface area is 84.0 Å². The van der Waals surface area contributed by atoms with Gasteiger partial charge in [-0.25, -0.2) is 13.2 Å². The second kappa shape index (κ2) is 5.13. The Hall–Kier alpha value is -1.08. The second-order valence-electron chi connectivity index (χ2n) is 2.92. The van der Waals surface area contributed by atoms with Crippen molar-refractivity contribution in [2.45, 2.75) is 18.6 Å². The first-order valence-electron chi connectivity index (χ1n) is 3.94. The standard InChI is InChI=1S/C7H12F5N3/c1-13-6(15(2)3)14-5(10)7(11,12)4(8)9/h4-5H,1-3H3,(H,13,14). The van der Waals surface area contributed by atoms with Crippen LogP contribution in [0, 0.1) is 0 Å².